The lowest BCUT2D eigenvalue weighted by atomic mass is 9.96. The molecule has 0 aliphatic carbocycles. The number of halogens is 2. The van der Waals surface area contributed by atoms with Crippen LogP contribution in [0.15, 0.2) is 51.4 Å². The van der Waals surface area contributed by atoms with E-state index in [9.17, 15) is 4.79 Å². The first kappa shape index (κ1) is 14.8. The van der Waals surface area contributed by atoms with Crippen molar-refractivity contribution in [1.82, 2.24) is 0 Å². The molecule has 1 amide bonds. The molecule has 1 unspecified atom stereocenters. The van der Waals surface area contributed by atoms with Crippen LogP contribution >= 0.6 is 31.9 Å². The largest absolute Gasteiger partial charge is 0.305 e. The van der Waals surface area contributed by atoms with Crippen LogP contribution in [0.3, 0.4) is 0 Å². The number of aryl methyl sites for hydroxylation is 1. The van der Waals surface area contributed by atoms with E-state index in [0.29, 0.717) is 5.56 Å². The number of amides is 1. The average molecular weight is 409 g/mol. The smallest absolute Gasteiger partial charge is 0.259 e. The van der Waals surface area contributed by atoms with Gasteiger partial charge in [-0.1, -0.05) is 34.1 Å². The van der Waals surface area contributed by atoms with Gasteiger partial charge in [-0.15, -0.1) is 0 Å². The quantitative estimate of drug-likeness (QED) is 0.635. The summed E-state index contributed by atoms with van der Waals surface area (Å²) < 4.78 is 1.73. The summed E-state index contributed by atoms with van der Waals surface area (Å²) in [5, 5.41) is 0. The molecule has 0 N–H and O–H groups in total. The highest BCUT2D eigenvalue weighted by atomic mass is 79.9. The summed E-state index contributed by atoms with van der Waals surface area (Å²) in [5.74, 6) is 0.0443. The van der Waals surface area contributed by atoms with Gasteiger partial charge in [0.2, 0.25) is 0 Å². The van der Waals surface area contributed by atoms with Crippen LogP contribution in [0.25, 0.3) is 0 Å². The van der Waals surface area contributed by atoms with Gasteiger partial charge < -0.3 is 4.90 Å². The van der Waals surface area contributed by atoms with Gasteiger partial charge in [0, 0.05) is 20.7 Å². The Hall–Kier alpha value is -1.13. The fraction of sp³-hybridized carbons (Fsp3) is 0.235. The van der Waals surface area contributed by atoms with Crippen molar-refractivity contribution in [3.05, 3.63) is 62.5 Å². The Morgan fingerprint density at radius 3 is 2.76 bits per heavy atom. The zero-order chi connectivity index (χ0) is 15.0. The van der Waals surface area contributed by atoms with Gasteiger partial charge in [0.1, 0.15) is 0 Å². The van der Waals surface area contributed by atoms with E-state index in [1.165, 1.54) is 5.56 Å². The lowest BCUT2D eigenvalue weighted by Gasteiger charge is -2.35. The molecule has 0 saturated carbocycles. The van der Waals surface area contributed by atoms with Crippen molar-refractivity contribution in [1.29, 1.82) is 0 Å². The number of carbonyl (C=O) groups is 1. The highest BCUT2D eigenvalue weighted by Gasteiger charge is 2.29. The first-order chi connectivity index (χ1) is 10.1. The van der Waals surface area contributed by atoms with Gasteiger partial charge in [-0.05, 0) is 65.5 Å². The molecule has 0 spiro atoms. The van der Waals surface area contributed by atoms with Crippen LogP contribution in [0.1, 0.15) is 29.3 Å². The maximum absolute atomic E-state index is 13.0. The number of carbonyl (C=O) groups excluding carboxylic acids is 1. The van der Waals surface area contributed by atoms with E-state index in [1.807, 2.05) is 41.3 Å². The number of rotatable bonds is 1. The molecule has 0 fully saturated rings. The minimum absolute atomic E-state index is 0.0443. The Kier molecular flexibility index (Phi) is 4.18. The van der Waals surface area contributed by atoms with Crippen molar-refractivity contribution in [3.63, 3.8) is 0 Å². The zero-order valence-corrected chi connectivity index (χ0v) is 14.8. The minimum Gasteiger partial charge on any atom is -0.305 e. The van der Waals surface area contributed by atoms with Crippen molar-refractivity contribution in [3.8, 4) is 0 Å². The predicted molar refractivity (Wildman–Crippen MR) is 92.9 cm³/mol. The Labute approximate surface area is 141 Å². The maximum atomic E-state index is 13.0. The lowest BCUT2D eigenvalue weighted by Crippen LogP contribution is -2.42. The van der Waals surface area contributed by atoms with Crippen LogP contribution in [-0.4, -0.2) is 11.9 Å². The molecule has 0 saturated heterocycles. The van der Waals surface area contributed by atoms with Crippen molar-refractivity contribution < 1.29 is 4.79 Å². The highest BCUT2D eigenvalue weighted by Crippen LogP contribution is 2.33. The molecular weight excluding hydrogens is 394 g/mol. The molecule has 0 radical (unpaired) electrons. The second kappa shape index (κ2) is 5.93. The van der Waals surface area contributed by atoms with Gasteiger partial charge in [0.15, 0.2) is 0 Å². The number of hydrogen-bond donors (Lipinski definition) is 0. The molecule has 1 aliphatic rings. The number of benzene rings is 2. The molecule has 108 valence electrons. The van der Waals surface area contributed by atoms with Crippen LogP contribution in [-0.2, 0) is 6.42 Å². The first-order valence-corrected chi connectivity index (χ1v) is 8.53. The zero-order valence-electron chi connectivity index (χ0n) is 11.6. The summed E-state index contributed by atoms with van der Waals surface area (Å²) in [7, 11) is 0. The minimum atomic E-state index is 0.0443. The van der Waals surface area contributed by atoms with Crippen molar-refractivity contribution >= 4 is 43.5 Å². The fourth-order valence-electron chi connectivity index (χ4n) is 2.79. The van der Waals surface area contributed by atoms with Crippen LogP contribution in [0.5, 0.6) is 0 Å². The van der Waals surface area contributed by atoms with Gasteiger partial charge in [-0.25, -0.2) is 0 Å². The van der Waals surface area contributed by atoms with Gasteiger partial charge in [0.05, 0.1) is 5.56 Å². The van der Waals surface area contributed by atoms with E-state index < -0.39 is 0 Å². The molecule has 1 aliphatic heterocycles. The Morgan fingerprint density at radius 1 is 1.19 bits per heavy atom. The Balaban J connectivity index is 2.07. The van der Waals surface area contributed by atoms with Crippen molar-refractivity contribution in [2.75, 3.05) is 4.90 Å². The topological polar surface area (TPSA) is 20.3 Å². The molecule has 2 aromatic carbocycles. The van der Waals surface area contributed by atoms with Gasteiger partial charge in [-0.3, -0.25) is 4.79 Å². The van der Waals surface area contributed by atoms with Crippen LogP contribution in [0.2, 0.25) is 0 Å². The Bertz CT molecular complexity index is 699. The van der Waals surface area contributed by atoms with Crippen molar-refractivity contribution in [2.45, 2.75) is 25.8 Å². The Morgan fingerprint density at radius 2 is 1.95 bits per heavy atom. The third-order valence-corrected chi connectivity index (χ3v) is 5.09. The van der Waals surface area contributed by atoms with E-state index in [4.69, 9.17) is 0 Å². The molecule has 21 heavy (non-hydrogen) atoms. The predicted octanol–water partition coefficient (Wildman–Crippen LogP) is 5.19. The van der Waals surface area contributed by atoms with Crippen LogP contribution < -0.4 is 4.90 Å². The molecule has 0 bridgehead atoms. The van der Waals surface area contributed by atoms with Crippen LogP contribution in [0.4, 0.5) is 5.69 Å². The number of fused-ring (bicyclic) bond motifs is 1. The number of nitrogens with zero attached hydrogens (tertiary/aromatic N) is 1. The van der Waals surface area contributed by atoms with E-state index in [-0.39, 0.29) is 11.9 Å². The molecule has 0 aromatic heterocycles. The van der Waals surface area contributed by atoms with Crippen LogP contribution in [0, 0.1) is 0 Å². The summed E-state index contributed by atoms with van der Waals surface area (Å²) in [6.07, 6.45) is 2.02. The van der Waals surface area contributed by atoms with Gasteiger partial charge in [-0.2, -0.15) is 0 Å². The molecule has 1 atom stereocenters. The van der Waals surface area contributed by atoms with Gasteiger partial charge >= 0.3 is 0 Å². The molecule has 4 heteroatoms. The summed E-state index contributed by atoms with van der Waals surface area (Å²) in [5.41, 5.74) is 2.97. The number of hydrogen-bond acceptors (Lipinski definition) is 1. The molecule has 3 rings (SSSR count). The van der Waals surface area contributed by atoms with E-state index in [0.717, 1.165) is 27.5 Å². The number of para-hydroxylation sites is 1. The second-order valence-corrected chi connectivity index (χ2v) is 7.09. The first-order valence-electron chi connectivity index (χ1n) is 6.94. The standard InChI is InChI=1S/C17H15Br2NO/c1-11-6-7-12-4-2-3-5-16(12)20(11)17(21)14-10-13(18)8-9-15(14)19/h2-5,8-11H,6-7H2,1H3. The summed E-state index contributed by atoms with van der Waals surface area (Å²) >= 11 is 6.93. The third kappa shape index (κ3) is 2.79. The van der Waals surface area contributed by atoms with E-state index in [1.54, 1.807) is 0 Å². The summed E-state index contributed by atoms with van der Waals surface area (Å²) in [4.78, 5) is 14.9. The summed E-state index contributed by atoms with van der Waals surface area (Å²) in [6, 6.07) is 14.1. The monoisotopic (exact) mass is 407 g/mol. The number of anilines is 1. The van der Waals surface area contributed by atoms with E-state index >= 15 is 0 Å². The summed E-state index contributed by atoms with van der Waals surface area (Å²) in [6.45, 7) is 2.11. The molecule has 2 nitrogen and oxygen atoms in total. The lowest BCUT2D eigenvalue weighted by molar-refractivity contribution is 0.0974. The highest BCUT2D eigenvalue weighted by molar-refractivity contribution is 9.11. The third-order valence-electron chi connectivity index (χ3n) is 3.90. The molecule has 1 heterocycles. The molecular formula is C17H15Br2NO. The normalized spacial score (nSPS) is 17.5. The van der Waals surface area contributed by atoms with Crippen molar-refractivity contribution in [2.24, 2.45) is 0 Å². The average Bonchev–Trinajstić information content (AvgIpc) is 2.49. The van der Waals surface area contributed by atoms with Gasteiger partial charge in [0.25, 0.3) is 5.91 Å². The maximum Gasteiger partial charge on any atom is 0.259 e. The van der Waals surface area contributed by atoms with E-state index in [2.05, 4.69) is 44.8 Å². The fourth-order valence-corrected chi connectivity index (χ4v) is 3.57. The second-order valence-electron chi connectivity index (χ2n) is 5.32. The molecule has 2 aromatic rings. The SMILES string of the molecule is CC1CCc2ccccc2N1C(=O)c1cc(Br)ccc1Br.